The molecule has 0 radical (unpaired) electrons. The summed E-state index contributed by atoms with van der Waals surface area (Å²) in [6.07, 6.45) is 4.00. The number of carbonyl (C=O) groups excluding carboxylic acids is 1. The molecule has 1 aromatic carbocycles. The Morgan fingerprint density at radius 1 is 1.09 bits per heavy atom. The third kappa shape index (κ3) is 3.90. The molecule has 1 N–H and O–H groups in total. The lowest BCUT2D eigenvalue weighted by atomic mass is 9.97. The molecule has 3 aliphatic heterocycles. The lowest BCUT2D eigenvalue weighted by molar-refractivity contribution is -0.117. The van der Waals surface area contributed by atoms with E-state index in [0.717, 1.165) is 76.2 Å². The predicted octanol–water partition coefficient (Wildman–Crippen LogP) is 3.07. The number of amides is 1. The van der Waals surface area contributed by atoms with Gasteiger partial charge < -0.3 is 19.7 Å². The molecule has 7 heteroatoms. The van der Waals surface area contributed by atoms with Crippen LogP contribution < -0.4 is 10.2 Å². The first-order valence-electron chi connectivity index (χ1n) is 12.4. The molecule has 6 rings (SSSR count). The molecule has 1 aromatic heterocycles. The summed E-state index contributed by atoms with van der Waals surface area (Å²) in [4.78, 5) is 22.4. The summed E-state index contributed by atoms with van der Waals surface area (Å²) in [7, 11) is 0. The van der Waals surface area contributed by atoms with E-state index in [4.69, 9.17) is 9.47 Å². The van der Waals surface area contributed by atoms with Crippen molar-refractivity contribution >= 4 is 28.2 Å². The zero-order valence-corrected chi connectivity index (χ0v) is 19.7. The second kappa shape index (κ2) is 8.22. The van der Waals surface area contributed by atoms with Crippen molar-refractivity contribution in [3.8, 4) is 0 Å². The molecule has 2 aromatic rings. The first-order valence-corrected chi connectivity index (χ1v) is 12.4. The van der Waals surface area contributed by atoms with Crippen molar-refractivity contribution in [1.82, 2.24) is 9.88 Å². The highest BCUT2D eigenvalue weighted by Crippen LogP contribution is 2.51. The zero-order chi connectivity index (χ0) is 22.6. The molecule has 7 nitrogen and oxygen atoms in total. The van der Waals surface area contributed by atoms with Crippen LogP contribution in [0.15, 0.2) is 24.4 Å². The Labute approximate surface area is 195 Å². The number of pyridine rings is 1. The standard InChI is InChI=1S/C26H34N4O3/c1-17-11-19-14-27-23(28-25(31)24-20-3-9-32-15-21(20)24)13-18(19)12-22(17)29-5-7-30(8-6-29)26(2)4-10-33-16-26/h11-14,20-21,24H,3-10,15-16H2,1-2H3,(H,27,28,31)/t20?,21?,24?,26-/m0/s1. The van der Waals surface area contributed by atoms with Gasteiger partial charge in [0.05, 0.1) is 13.2 Å². The molecule has 4 atom stereocenters. The maximum absolute atomic E-state index is 12.8. The fraction of sp³-hybridized carbons (Fsp3) is 0.615. The lowest BCUT2D eigenvalue weighted by Crippen LogP contribution is -2.56. The first kappa shape index (κ1) is 21.3. The van der Waals surface area contributed by atoms with Gasteiger partial charge >= 0.3 is 0 Å². The Kier molecular flexibility index (Phi) is 5.31. The van der Waals surface area contributed by atoms with E-state index in [1.807, 2.05) is 12.3 Å². The van der Waals surface area contributed by atoms with Crippen LogP contribution in [0.25, 0.3) is 10.8 Å². The first-order chi connectivity index (χ1) is 16.0. The zero-order valence-electron chi connectivity index (χ0n) is 19.7. The number of hydrogen-bond acceptors (Lipinski definition) is 6. The molecule has 3 unspecified atom stereocenters. The van der Waals surface area contributed by atoms with Gasteiger partial charge in [-0.25, -0.2) is 4.98 Å². The molecule has 1 amide bonds. The van der Waals surface area contributed by atoms with Crippen LogP contribution in [0, 0.1) is 24.7 Å². The molecule has 176 valence electrons. The number of rotatable bonds is 4. The molecule has 1 aliphatic carbocycles. The van der Waals surface area contributed by atoms with Gasteiger partial charge in [0.15, 0.2) is 0 Å². The maximum atomic E-state index is 12.8. The van der Waals surface area contributed by atoms with Crippen molar-refractivity contribution in [3.63, 3.8) is 0 Å². The van der Waals surface area contributed by atoms with Crippen molar-refractivity contribution in [2.45, 2.75) is 32.2 Å². The van der Waals surface area contributed by atoms with E-state index in [0.29, 0.717) is 17.7 Å². The van der Waals surface area contributed by atoms with E-state index in [1.165, 1.54) is 11.3 Å². The SMILES string of the molecule is Cc1cc2cnc(NC(=O)C3C4CCOCC43)cc2cc1N1CCN([C@@]2(C)CCOC2)CC1. The monoisotopic (exact) mass is 450 g/mol. The van der Waals surface area contributed by atoms with Gasteiger partial charge in [-0.15, -0.1) is 0 Å². The number of anilines is 2. The summed E-state index contributed by atoms with van der Waals surface area (Å²) >= 11 is 0. The molecule has 33 heavy (non-hydrogen) atoms. The number of hydrogen-bond donors (Lipinski definition) is 1. The summed E-state index contributed by atoms with van der Waals surface area (Å²) in [5, 5.41) is 5.30. The van der Waals surface area contributed by atoms with E-state index in [1.54, 1.807) is 0 Å². The number of piperazine rings is 1. The predicted molar refractivity (Wildman–Crippen MR) is 129 cm³/mol. The summed E-state index contributed by atoms with van der Waals surface area (Å²) in [6, 6.07) is 6.50. The number of fused-ring (bicyclic) bond motifs is 2. The largest absolute Gasteiger partial charge is 0.381 e. The minimum absolute atomic E-state index is 0.0852. The van der Waals surface area contributed by atoms with Gasteiger partial charge in [-0.1, -0.05) is 0 Å². The Morgan fingerprint density at radius 3 is 2.67 bits per heavy atom. The van der Waals surface area contributed by atoms with Crippen LogP contribution in [0.3, 0.4) is 0 Å². The van der Waals surface area contributed by atoms with E-state index in [-0.39, 0.29) is 17.4 Å². The summed E-state index contributed by atoms with van der Waals surface area (Å²) in [5.74, 6) is 1.71. The molecule has 1 saturated carbocycles. The van der Waals surface area contributed by atoms with Crippen molar-refractivity contribution in [3.05, 3.63) is 30.0 Å². The Morgan fingerprint density at radius 2 is 1.94 bits per heavy atom. The van der Waals surface area contributed by atoms with Gasteiger partial charge in [0.1, 0.15) is 5.82 Å². The fourth-order valence-electron chi connectivity index (χ4n) is 6.20. The Bertz CT molecular complexity index is 1050. The van der Waals surface area contributed by atoms with E-state index in [9.17, 15) is 4.79 Å². The normalized spacial score (nSPS) is 32.1. The minimum atomic E-state index is 0.0852. The van der Waals surface area contributed by atoms with Crippen molar-refractivity contribution in [2.75, 3.05) is 62.8 Å². The molecular formula is C26H34N4O3. The van der Waals surface area contributed by atoms with Crippen molar-refractivity contribution in [2.24, 2.45) is 17.8 Å². The molecule has 4 aliphatic rings. The van der Waals surface area contributed by atoms with Crippen LogP contribution in [-0.4, -0.2) is 73.9 Å². The van der Waals surface area contributed by atoms with E-state index >= 15 is 0 Å². The number of carbonyl (C=O) groups is 1. The number of ether oxygens (including phenoxy) is 2. The minimum Gasteiger partial charge on any atom is -0.381 e. The quantitative estimate of drug-likeness (QED) is 0.772. The topological polar surface area (TPSA) is 66.9 Å². The number of nitrogens with zero attached hydrogens (tertiary/aromatic N) is 3. The van der Waals surface area contributed by atoms with Crippen molar-refractivity contribution < 1.29 is 14.3 Å². The van der Waals surface area contributed by atoms with Crippen molar-refractivity contribution in [1.29, 1.82) is 0 Å². The second-order valence-corrected chi connectivity index (χ2v) is 10.5. The fourth-order valence-corrected chi connectivity index (χ4v) is 6.20. The van der Waals surface area contributed by atoms with Gasteiger partial charge in [-0.2, -0.15) is 0 Å². The molecule has 0 bridgehead atoms. The molecule has 4 fully saturated rings. The van der Waals surface area contributed by atoms with Gasteiger partial charge in [0, 0.05) is 68.1 Å². The van der Waals surface area contributed by atoms with Crippen LogP contribution in [-0.2, 0) is 14.3 Å². The van der Waals surface area contributed by atoms with Crippen LogP contribution >= 0.6 is 0 Å². The summed E-state index contributed by atoms with van der Waals surface area (Å²) in [5.41, 5.74) is 2.74. The third-order valence-corrected chi connectivity index (χ3v) is 8.41. The average molecular weight is 451 g/mol. The lowest BCUT2D eigenvalue weighted by Gasteiger charge is -2.44. The molecular weight excluding hydrogens is 416 g/mol. The second-order valence-electron chi connectivity index (χ2n) is 10.5. The average Bonchev–Trinajstić information content (AvgIpc) is 3.40. The number of aryl methyl sites for hydroxylation is 1. The summed E-state index contributed by atoms with van der Waals surface area (Å²) in [6.45, 7) is 11.9. The molecule has 0 spiro atoms. The van der Waals surface area contributed by atoms with Crippen LogP contribution in [0.1, 0.15) is 25.3 Å². The number of aromatic nitrogens is 1. The Balaban J connectivity index is 1.17. The van der Waals surface area contributed by atoms with Gasteiger partial charge in [0.25, 0.3) is 0 Å². The highest BCUT2D eigenvalue weighted by molar-refractivity contribution is 5.96. The van der Waals surface area contributed by atoms with Gasteiger partial charge in [-0.3, -0.25) is 9.69 Å². The summed E-state index contributed by atoms with van der Waals surface area (Å²) < 4.78 is 11.2. The van der Waals surface area contributed by atoms with E-state index < -0.39 is 0 Å². The highest BCUT2D eigenvalue weighted by atomic mass is 16.5. The maximum Gasteiger partial charge on any atom is 0.229 e. The molecule has 4 heterocycles. The smallest absolute Gasteiger partial charge is 0.229 e. The van der Waals surface area contributed by atoms with E-state index in [2.05, 4.69) is 46.1 Å². The van der Waals surface area contributed by atoms with Gasteiger partial charge in [0.2, 0.25) is 5.91 Å². The Hall–Kier alpha value is -2.22. The van der Waals surface area contributed by atoms with Crippen LogP contribution in [0.2, 0.25) is 0 Å². The third-order valence-electron chi connectivity index (χ3n) is 8.41. The van der Waals surface area contributed by atoms with Gasteiger partial charge in [-0.05, 0) is 67.7 Å². The van der Waals surface area contributed by atoms with Crippen LogP contribution in [0.4, 0.5) is 11.5 Å². The molecule has 3 saturated heterocycles. The van der Waals surface area contributed by atoms with Crippen LogP contribution in [0.5, 0.6) is 0 Å². The number of nitrogens with one attached hydrogen (secondary N) is 1. The highest BCUT2D eigenvalue weighted by Gasteiger charge is 2.55. The number of benzene rings is 1.